The van der Waals surface area contributed by atoms with Crippen molar-refractivity contribution in [2.75, 3.05) is 0 Å². The highest BCUT2D eigenvalue weighted by molar-refractivity contribution is 5.96. The fraction of sp³-hybridized carbons (Fsp3) is 0.0588. The normalized spacial score (nSPS) is 10.1. The molecular weight excluding hydrogens is 268 g/mol. The number of carbonyl (C=O) groups is 2. The zero-order valence-electron chi connectivity index (χ0n) is 11.2. The standard InChI is InChI=1S/C17H14O4/c1-2-11-6-3-4-7-12(11)10-15-13(16(18)19)8-5-9-14(15)17(20)21/h2-9H,1,10H2,(H,18,19)(H,20,21). The molecular formula is C17H14O4. The smallest absolute Gasteiger partial charge is 0.336 e. The third-order valence-electron chi connectivity index (χ3n) is 3.28. The van der Waals surface area contributed by atoms with Crippen molar-refractivity contribution in [1.82, 2.24) is 0 Å². The van der Waals surface area contributed by atoms with E-state index in [0.717, 1.165) is 11.1 Å². The van der Waals surface area contributed by atoms with Crippen LogP contribution in [0.2, 0.25) is 0 Å². The van der Waals surface area contributed by atoms with Crippen LogP contribution in [0.25, 0.3) is 6.08 Å². The van der Waals surface area contributed by atoms with Crippen molar-refractivity contribution in [3.05, 3.63) is 76.9 Å². The highest BCUT2D eigenvalue weighted by Gasteiger charge is 2.18. The summed E-state index contributed by atoms with van der Waals surface area (Å²) in [7, 11) is 0. The first-order valence-electron chi connectivity index (χ1n) is 6.33. The van der Waals surface area contributed by atoms with Crippen molar-refractivity contribution in [3.8, 4) is 0 Å². The topological polar surface area (TPSA) is 74.6 Å². The van der Waals surface area contributed by atoms with E-state index >= 15 is 0 Å². The van der Waals surface area contributed by atoms with Crippen LogP contribution >= 0.6 is 0 Å². The first kappa shape index (κ1) is 14.5. The molecule has 0 amide bonds. The highest BCUT2D eigenvalue weighted by atomic mass is 16.4. The molecule has 2 aromatic carbocycles. The fourth-order valence-electron chi connectivity index (χ4n) is 2.26. The van der Waals surface area contributed by atoms with Gasteiger partial charge in [0.2, 0.25) is 0 Å². The minimum absolute atomic E-state index is 0.00812. The van der Waals surface area contributed by atoms with Crippen LogP contribution in [-0.2, 0) is 6.42 Å². The van der Waals surface area contributed by atoms with Gasteiger partial charge in [0.05, 0.1) is 11.1 Å². The average Bonchev–Trinajstić information content (AvgIpc) is 2.47. The van der Waals surface area contributed by atoms with E-state index in [-0.39, 0.29) is 17.5 Å². The van der Waals surface area contributed by atoms with Crippen LogP contribution in [0.1, 0.15) is 37.4 Å². The lowest BCUT2D eigenvalue weighted by Gasteiger charge is -2.12. The molecule has 0 aromatic heterocycles. The fourth-order valence-corrected chi connectivity index (χ4v) is 2.26. The Balaban J connectivity index is 2.59. The van der Waals surface area contributed by atoms with Crippen LogP contribution in [0.3, 0.4) is 0 Å². The van der Waals surface area contributed by atoms with E-state index in [1.54, 1.807) is 6.08 Å². The summed E-state index contributed by atoms with van der Waals surface area (Å²) in [5, 5.41) is 18.5. The van der Waals surface area contributed by atoms with Gasteiger partial charge in [-0.3, -0.25) is 0 Å². The van der Waals surface area contributed by atoms with Gasteiger partial charge < -0.3 is 10.2 Å². The van der Waals surface area contributed by atoms with Crippen molar-refractivity contribution in [3.63, 3.8) is 0 Å². The second-order valence-electron chi connectivity index (χ2n) is 4.52. The van der Waals surface area contributed by atoms with Gasteiger partial charge in [0, 0.05) is 0 Å². The van der Waals surface area contributed by atoms with Crippen LogP contribution in [0.4, 0.5) is 0 Å². The van der Waals surface area contributed by atoms with Gasteiger partial charge in [-0.25, -0.2) is 9.59 Å². The summed E-state index contributed by atoms with van der Waals surface area (Å²) < 4.78 is 0. The van der Waals surface area contributed by atoms with Crippen molar-refractivity contribution in [2.24, 2.45) is 0 Å². The van der Waals surface area contributed by atoms with E-state index in [1.165, 1.54) is 18.2 Å². The van der Waals surface area contributed by atoms with Crippen LogP contribution in [0, 0.1) is 0 Å². The van der Waals surface area contributed by atoms with E-state index in [1.807, 2.05) is 24.3 Å². The van der Waals surface area contributed by atoms with Crippen LogP contribution < -0.4 is 0 Å². The minimum atomic E-state index is -1.14. The first-order valence-corrected chi connectivity index (χ1v) is 6.33. The number of benzene rings is 2. The molecule has 0 aliphatic rings. The number of rotatable bonds is 5. The average molecular weight is 282 g/mol. The van der Waals surface area contributed by atoms with Crippen molar-refractivity contribution >= 4 is 18.0 Å². The lowest BCUT2D eigenvalue weighted by Crippen LogP contribution is -2.10. The minimum Gasteiger partial charge on any atom is -0.478 e. The van der Waals surface area contributed by atoms with E-state index in [0.29, 0.717) is 5.56 Å². The van der Waals surface area contributed by atoms with E-state index < -0.39 is 11.9 Å². The predicted octanol–water partition coefficient (Wildman–Crippen LogP) is 3.32. The summed E-state index contributed by atoms with van der Waals surface area (Å²) in [6, 6.07) is 11.6. The molecule has 2 N–H and O–H groups in total. The molecule has 21 heavy (non-hydrogen) atoms. The molecule has 2 aromatic rings. The number of hydrogen-bond donors (Lipinski definition) is 2. The predicted molar refractivity (Wildman–Crippen MR) is 79.7 cm³/mol. The molecule has 0 saturated carbocycles. The van der Waals surface area contributed by atoms with Crippen LogP contribution in [0.15, 0.2) is 49.0 Å². The molecule has 0 atom stereocenters. The van der Waals surface area contributed by atoms with Gasteiger partial charge >= 0.3 is 11.9 Å². The second-order valence-corrected chi connectivity index (χ2v) is 4.52. The molecule has 4 heteroatoms. The Kier molecular flexibility index (Phi) is 4.18. The SMILES string of the molecule is C=Cc1ccccc1Cc1c(C(=O)O)cccc1C(=O)O. The van der Waals surface area contributed by atoms with Crippen LogP contribution in [0.5, 0.6) is 0 Å². The molecule has 4 nitrogen and oxygen atoms in total. The zero-order chi connectivity index (χ0) is 15.4. The first-order chi connectivity index (χ1) is 10.0. The van der Waals surface area contributed by atoms with Gasteiger partial charge in [-0.15, -0.1) is 0 Å². The van der Waals surface area contributed by atoms with Gasteiger partial charge in [-0.05, 0) is 35.2 Å². The maximum Gasteiger partial charge on any atom is 0.336 e. The third-order valence-corrected chi connectivity index (χ3v) is 3.28. The summed E-state index contributed by atoms with van der Waals surface area (Å²) >= 11 is 0. The Bertz CT molecular complexity index is 684. The molecule has 0 aliphatic carbocycles. The summed E-state index contributed by atoms with van der Waals surface area (Å²) in [5.74, 6) is -2.27. The van der Waals surface area contributed by atoms with E-state index in [2.05, 4.69) is 6.58 Å². The van der Waals surface area contributed by atoms with Crippen molar-refractivity contribution in [1.29, 1.82) is 0 Å². The molecule has 2 rings (SSSR count). The Hall–Kier alpha value is -2.88. The molecule has 0 fully saturated rings. The molecule has 0 spiro atoms. The third kappa shape index (κ3) is 3.00. The maximum atomic E-state index is 11.3. The Labute approximate surface area is 122 Å². The molecule has 0 heterocycles. The van der Waals surface area contributed by atoms with Gasteiger partial charge in [0.1, 0.15) is 0 Å². The van der Waals surface area contributed by atoms with E-state index in [9.17, 15) is 19.8 Å². The van der Waals surface area contributed by atoms with Crippen LogP contribution in [-0.4, -0.2) is 22.2 Å². The Morgan fingerprint density at radius 2 is 1.52 bits per heavy atom. The summed E-state index contributed by atoms with van der Waals surface area (Å²) in [6.45, 7) is 3.72. The van der Waals surface area contributed by atoms with Gasteiger partial charge in [-0.2, -0.15) is 0 Å². The number of carboxylic acids is 2. The quantitative estimate of drug-likeness (QED) is 0.882. The largest absolute Gasteiger partial charge is 0.478 e. The molecule has 0 saturated heterocycles. The monoisotopic (exact) mass is 282 g/mol. The summed E-state index contributed by atoms with van der Waals surface area (Å²) in [6.07, 6.45) is 1.89. The van der Waals surface area contributed by atoms with Crippen molar-refractivity contribution in [2.45, 2.75) is 6.42 Å². The van der Waals surface area contributed by atoms with Crippen molar-refractivity contribution < 1.29 is 19.8 Å². The molecule has 0 unspecified atom stereocenters. The molecule has 106 valence electrons. The highest BCUT2D eigenvalue weighted by Crippen LogP contribution is 2.22. The Morgan fingerprint density at radius 1 is 0.952 bits per heavy atom. The Morgan fingerprint density at radius 3 is 2.05 bits per heavy atom. The zero-order valence-corrected chi connectivity index (χ0v) is 11.2. The van der Waals surface area contributed by atoms with E-state index in [4.69, 9.17) is 0 Å². The second kappa shape index (κ2) is 6.05. The van der Waals surface area contributed by atoms with Gasteiger partial charge in [0.15, 0.2) is 0 Å². The molecule has 0 aliphatic heterocycles. The van der Waals surface area contributed by atoms with Gasteiger partial charge in [0.25, 0.3) is 0 Å². The number of hydrogen-bond acceptors (Lipinski definition) is 2. The maximum absolute atomic E-state index is 11.3. The number of carboxylic acid groups (broad SMARTS) is 2. The summed E-state index contributed by atoms with van der Waals surface area (Å²) in [5.41, 5.74) is 2.01. The molecule has 0 radical (unpaired) electrons. The summed E-state index contributed by atoms with van der Waals surface area (Å²) in [4.78, 5) is 22.7. The molecule has 0 bridgehead atoms. The van der Waals surface area contributed by atoms with Gasteiger partial charge in [-0.1, -0.05) is 43.0 Å². The number of aromatic carboxylic acids is 2. The lowest BCUT2D eigenvalue weighted by atomic mass is 9.92. The lowest BCUT2D eigenvalue weighted by molar-refractivity contribution is 0.0696.